The SMILES string of the molecule is CC(C)c1cc(C(C)C)c(C(C)C)cc1CCc1cc(C(C)C)c(C(C)C)cc1C(C)C. The normalized spacial score (nSPS) is 12.4. The Morgan fingerprint density at radius 3 is 0.781 bits per heavy atom. The van der Waals surface area contributed by atoms with E-state index in [1.165, 1.54) is 0 Å². The number of benzene rings is 2. The van der Waals surface area contributed by atoms with Crippen molar-refractivity contribution in [2.24, 2.45) is 0 Å². The van der Waals surface area contributed by atoms with E-state index in [0.29, 0.717) is 35.5 Å². The fourth-order valence-corrected chi connectivity index (χ4v) is 5.17. The maximum atomic E-state index is 2.55. The van der Waals surface area contributed by atoms with Gasteiger partial charge in [0.05, 0.1) is 0 Å². The highest BCUT2D eigenvalue weighted by molar-refractivity contribution is 5.46. The molecule has 0 amide bonds. The molecule has 0 saturated heterocycles. The van der Waals surface area contributed by atoms with Gasteiger partial charge in [0, 0.05) is 0 Å². The van der Waals surface area contributed by atoms with Gasteiger partial charge in [0.25, 0.3) is 0 Å². The summed E-state index contributed by atoms with van der Waals surface area (Å²) in [6.07, 6.45) is 2.26. The van der Waals surface area contributed by atoms with Crippen molar-refractivity contribution in [3.63, 3.8) is 0 Å². The van der Waals surface area contributed by atoms with Crippen molar-refractivity contribution in [2.45, 2.75) is 131 Å². The van der Waals surface area contributed by atoms with Gasteiger partial charge in [0.2, 0.25) is 0 Å². The van der Waals surface area contributed by atoms with Crippen molar-refractivity contribution in [1.29, 1.82) is 0 Å². The third kappa shape index (κ3) is 6.06. The largest absolute Gasteiger partial charge is 0.0587 e. The molecule has 2 aromatic carbocycles. The molecule has 0 aliphatic rings. The van der Waals surface area contributed by atoms with Crippen LogP contribution in [0.5, 0.6) is 0 Å². The molecule has 0 N–H and O–H groups in total. The quantitative estimate of drug-likeness (QED) is 0.368. The molecule has 0 fully saturated rings. The molecule has 0 bridgehead atoms. The van der Waals surface area contributed by atoms with E-state index in [2.05, 4.69) is 107 Å². The summed E-state index contributed by atoms with van der Waals surface area (Å²) in [6, 6.07) is 10.2. The van der Waals surface area contributed by atoms with Gasteiger partial charge in [0.15, 0.2) is 0 Å². The number of hydrogen-bond acceptors (Lipinski definition) is 0. The molecular formula is C32H50. The first kappa shape index (κ1) is 26.7. The van der Waals surface area contributed by atoms with Crippen LogP contribution in [0.3, 0.4) is 0 Å². The topological polar surface area (TPSA) is 0 Å². The Labute approximate surface area is 200 Å². The zero-order chi connectivity index (χ0) is 24.3. The molecule has 0 radical (unpaired) electrons. The van der Waals surface area contributed by atoms with Gasteiger partial charge >= 0.3 is 0 Å². The van der Waals surface area contributed by atoms with Crippen LogP contribution in [0, 0.1) is 0 Å². The Balaban J connectivity index is 2.55. The minimum atomic E-state index is 0.558. The molecule has 0 aliphatic heterocycles. The van der Waals surface area contributed by atoms with Gasteiger partial charge in [0.1, 0.15) is 0 Å². The highest BCUT2D eigenvalue weighted by Gasteiger charge is 2.19. The van der Waals surface area contributed by atoms with Gasteiger partial charge in [-0.2, -0.15) is 0 Å². The standard InChI is InChI=1S/C32H50/c1-19(2)27-17-31(23(9)10)29(21(5)6)15-25(27)13-14-26-16-30(22(7)8)32(24(11)12)18-28(26)20(3)4/h15-24H,13-14H2,1-12H3. The van der Waals surface area contributed by atoms with E-state index in [-0.39, 0.29) is 0 Å². The zero-order valence-corrected chi connectivity index (χ0v) is 23.2. The maximum Gasteiger partial charge on any atom is -0.0216 e. The summed E-state index contributed by atoms with van der Waals surface area (Å²) in [4.78, 5) is 0. The highest BCUT2D eigenvalue weighted by Crippen LogP contribution is 2.35. The van der Waals surface area contributed by atoms with Gasteiger partial charge in [-0.3, -0.25) is 0 Å². The first-order valence-electron chi connectivity index (χ1n) is 13.2. The third-order valence-electron chi connectivity index (χ3n) is 7.09. The van der Waals surface area contributed by atoms with E-state index >= 15 is 0 Å². The first-order chi connectivity index (χ1) is 14.8. The van der Waals surface area contributed by atoms with Gasteiger partial charge in [-0.25, -0.2) is 0 Å². The van der Waals surface area contributed by atoms with Crippen LogP contribution >= 0.6 is 0 Å². The highest BCUT2D eigenvalue weighted by atomic mass is 14.2. The lowest BCUT2D eigenvalue weighted by atomic mass is 9.81. The van der Waals surface area contributed by atoms with E-state index < -0.39 is 0 Å². The number of aryl methyl sites for hydroxylation is 2. The molecule has 32 heavy (non-hydrogen) atoms. The molecule has 0 atom stereocenters. The van der Waals surface area contributed by atoms with Crippen molar-refractivity contribution in [3.8, 4) is 0 Å². The van der Waals surface area contributed by atoms with Crippen LogP contribution in [-0.4, -0.2) is 0 Å². The fourth-order valence-electron chi connectivity index (χ4n) is 5.17. The average molecular weight is 435 g/mol. The monoisotopic (exact) mass is 434 g/mol. The first-order valence-corrected chi connectivity index (χ1v) is 13.2. The van der Waals surface area contributed by atoms with Crippen LogP contribution in [0.25, 0.3) is 0 Å². The second kappa shape index (κ2) is 11.0. The summed E-state index contributed by atoms with van der Waals surface area (Å²) in [6.45, 7) is 28.1. The van der Waals surface area contributed by atoms with Crippen molar-refractivity contribution in [3.05, 3.63) is 68.8 Å². The lowest BCUT2D eigenvalue weighted by Gasteiger charge is -2.24. The van der Waals surface area contributed by atoms with Gasteiger partial charge in [-0.15, -0.1) is 0 Å². The molecule has 0 unspecified atom stereocenters. The van der Waals surface area contributed by atoms with Crippen molar-refractivity contribution in [1.82, 2.24) is 0 Å². The zero-order valence-electron chi connectivity index (χ0n) is 23.2. The fraction of sp³-hybridized carbons (Fsp3) is 0.625. The minimum absolute atomic E-state index is 0.558. The average Bonchev–Trinajstić information content (AvgIpc) is 2.70. The van der Waals surface area contributed by atoms with Crippen LogP contribution < -0.4 is 0 Å². The van der Waals surface area contributed by atoms with Crippen molar-refractivity contribution in [2.75, 3.05) is 0 Å². The summed E-state index contributed by atoms with van der Waals surface area (Å²) >= 11 is 0. The van der Waals surface area contributed by atoms with Gasteiger partial charge < -0.3 is 0 Å². The van der Waals surface area contributed by atoms with Crippen LogP contribution in [0.2, 0.25) is 0 Å². The summed E-state index contributed by atoms with van der Waals surface area (Å²) in [5, 5.41) is 0. The Hall–Kier alpha value is -1.56. The third-order valence-corrected chi connectivity index (χ3v) is 7.09. The van der Waals surface area contributed by atoms with Crippen LogP contribution in [0.1, 0.15) is 163 Å². The van der Waals surface area contributed by atoms with Gasteiger partial charge in [-0.1, -0.05) is 107 Å². The Kier molecular flexibility index (Phi) is 9.21. The van der Waals surface area contributed by atoms with Gasteiger partial charge in [-0.05, 0) is 92.9 Å². The number of hydrogen-bond donors (Lipinski definition) is 0. The lowest BCUT2D eigenvalue weighted by Crippen LogP contribution is -2.09. The van der Waals surface area contributed by atoms with Crippen LogP contribution in [0.4, 0.5) is 0 Å². The van der Waals surface area contributed by atoms with Crippen LogP contribution in [0.15, 0.2) is 24.3 Å². The molecule has 178 valence electrons. The van der Waals surface area contributed by atoms with Crippen LogP contribution in [-0.2, 0) is 12.8 Å². The van der Waals surface area contributed by atoms with E-state index in [0.717, 1.165) is 12.8 Å². The van der Waals surface area contributed by atoms with E-state index in [4.69, 9.17) is 0 Å². The molecule has 0 aromatic heterocycles. The van der Waals surface area contributed by atoms with E-state index in [9.17, 15) is 0 Å². The van der Waals surface area contributed by atoms with E-state index in [1.807, 2.05) is 0 Å². The second-order valence-corrected chi connectivity index (χ2v) is 11.8. The molecule has 0 aliphatic carbocycles. The summed E-state index contributed by atoms with van der Waals surface area (Å²) < 4.78 is 0. The molecule has 2 rings (SSSR count). The predicted molar refractivity (Wildman–Crippen MR) is 145 cm³/mol. The minimum Gasteiger partial charge on any atom is -0.0587 e. The molecule has 0 heterocycles. The molecule has 0 heteroatoms. The molecule has 0 nitrogen and oxygen atoms in total. The molecule has 0 spiro atoms. The maximum absolute atomic E-state index is 2.55. The Morgan fingerprint density at radius 1 is 0.344 bits per heavy atom. The Bertz CT molecular complexity index is 815. The summed E-state index contributed by atoms with van der Waals surface area (Å²) in [7, 11) is 0. The number of rotatable bonds is 9. The summed E-state index contributed by atoms with van der Waals surface area (Å²) in [5.74, 6) is 3.39. The molecule has 2 aromatic rings. The Morgan fingerprint density at radius 2 is 0.562 bits per heavy atom. The molecular weight excluding hydrogens is 384 g/mol. The summed E-state index contributed by atoms with van der Waals surface area (Å²) in [5.41, 5.74) is 12.4. The van der Waals surface area contributed by atoms with Crippen molar-refractivity contribution < 1.29 is 0 Å². The smallest absolute Gasteiger partial charge is 0.0216 e. The predicted octanol–water partition coefficient (Wildman–Crippen LogP) is 10.2. The lowest BCUT2D eigenvalue weighted by molar-refractivity contribution is 0.752. The molecule has 0 saturated carbocycles. The van der Waals surface area contributed by atoms with E-state index in [1.54, 1.807) is 44.5 Å². The second-order valence-electron chi connectivity index (χ2n) is 11.8. The van der Waals surface area contributed by atoms with Crippen molar-refractivity contribution >= 4 is 0 Å².